The summed E-state index contributed by atoms with van der Waals surface area (Å²) in [5, 5.41) is 3.31. The number of hydrogen-bond acceptors (Lipinski definition) is 2. The molecule has 1 atom stereocenters. The summed E-state index contributed by atoms with van der Waals surface area (Å²) < 4.78 is 0. The lowest BCUT2D eigenvalue weighted by Crippen LogP contribution is -2.46. The van der Waals surface area contributed by atoms with Crippen LogP contribution in [0.15, 0.2) is 18.2 Å². The van der Waals surface area contributed by atoms with Crippen LogP contribution in [0.4, 0.5) is 5.69 Å². The topological polar surface area (TPSA) is 32.3 Å². The van der Waals surface area contributed by atoms with Crippen LogP contribution in [0, 0.1) is 6.92 Å². The molecule has 2 heterocycles. The van der Waals surface area contributed by atoms with Crippen molar-refractivity contribution in [2.24, 2.45) is 0 Å². The maximum Gasteiger partial charge on any atom is 0.244 e. The summed E-state index contributed by atoms with van der Waals surface area (Å²) in [4.78, 5) is 14.6. The zero-order valence-electron chi connectivity index (χ0n) is 10.9. The van der Waals surface area contributed by atoms with Crippen molar-refractivity contribution in [3.8, 4) is 0 Å². The number of carbonyl (C=O) groups is 1. The standard InChI is InChI=1S/C15H20N2O/c1-11-5-2-6-12-7-4-10-17(14(11)12)15(18)13-8-3-9-16-13/h2,5-6,13,16H,3-4,7-10H2,1H3/t13-/m0/s1. The number of nitrogens with one attached hydrogen (secondary N) is 1. The molecule has 2 aliphatic rings. The summed E-state index contributed by atoms with van der Waals surface area (Å²) in [6.45, 7) is 3.95. The van der Waals surface area contributed by atoms with E-state index in [1.54, 1.807) is 0 Å². The van der Waals surface area contributed by atoms with Crippen molar-refractivity contribution in [2.75, 3.05) is 18.0 Å². The molecule has 96 valence electrons. The molecule has 1 aromatic carbocycles. The first kappa shape index (κ1) is 11.7. The van der Waals surface area contributed by atoms with Crippen LogP contribution in [0.1, 0.15) is 30.4 Å². The highest BCUT2D eigenvalue weighted by Crippen LogP contribution is 2.31. The number of hydrogen-bond donors (Lipinski definition) is 1. The van der Waals surface area contributed by atoms with Gasteiger partial charge in [0.1, 0.15) is 0 Å². The van der Waals surface area contributed by atoms with E-state index in [2.05, 4.69) is 30.4 Å². The van der Waals surface area contributed by atoms with Gasteiger partial charge in [-0.05, 0) is 50.3 Å². The van der Waals surface area contributed by atoms with Gasteiger partial charge in [0, 0.05) is 12.2 Å². The highest BCUT2D eigenvalue weighted by molar-refractivity contribution is 5.99. The third-order valence-electron chi connectivity index (χ3n) is 4.04. The Morgan fingerprint density at radius 2 is 2.28 bits per heavy atom. The molecule has 1 saturated heterocycles. The second-order valence-corrected chi connectivity index (χ2v) is 5.33. The molecule has 0 spiro atoms. The van der Waals surface area contributed by atoms with Gasteiger partial charge in [0.05, 0.1) is 6.04 Å². The Morgan fingerprint density at radius 3 is 3.06 bits per heavy atom. The van der Waals surface area contributed by atoms with Crippen LogP contribution in [-0.2, 0) is 11.2 Å². The van der Waals surface area contributed by atoms with Crippen LogP contribution in [-0.4, -0.2) is 25.0 Å². The van der Waals surface area contributed by atoms with E-state index in [4.69, 9.17) is 0 Å². The van der Waals surface area contributed by atoms with Gasteiger partial charge in [-0.15, -0.1) is 0 Å². The zero-order valence-corrected chi connectivity index (χ0v) is 10.9. The number of benzene rings is 1. The fraction of sp³-hybridized carbons (Fsp3) is 0.533. The molecule has 0 bridgehead atoms. The minimum Gasteiger partial charge on any atom is -0.311 e. The van der Waals surface area contributed by atoms with Gasteiger partial charge in [-0.2, -0.15) is 0 Å². The van der Waals surface area contributed by atoms with Crippen LogP contribution in [0.3, 0.4) is 0 Å². The first-order chi connectivity index (χ1) is 8.77. The lowest BCUT2D eigenvalue weighted by molar-refractivity contribution is -0.120. The normalized spacial score (nSPS) is 22.9. The Balaban J connectivity index is 1.93. The molecule has 1 N–H and O–H groups in total. The van der Waals surface area contributed by atoms with E-state index < -0.39 is 0 Å². The van der Waals surface area contributed by atoms with Crippen LogP contribution in [0.25, 0.3) is 0 Å². The maximum atomic E-state index is 12.6. The van der Waals surface area contributed by atoms with Gasteiger partial charge in [-0.25, -0.2) is 0 Å². The van der Waals surface area contributed by atoms with E-state index in [1.807, 2.05) is 4.90 Å². The third-order valence-corrected chi connectivity index (χ3v) is 4.04. The number of amides is 1. The molecule has 0 saturated carbocycles. The Labute approximate surface area is 108 Å². The minimum absolute atomic E-state index is 0.0376. The summed E-state index contributed by atoms with van der Waals surface area (Å²) in [5.41, 5.74) is 3.72. The second kappa shape index (κ2) is 4.73. The number of anilines is 1. The number of para-hydroxylation sites is 1. The molecule has 2 aliphatic heterocycles. The van der Waals surface area contributed by atoms with E-state index >= 15 is 0 Å². The number of nitrogens with zero attached hydrogens (tertiary/aromatic N) is 1. The molecule has 3 heteroatoms. The maximum absolute atomic E-state index is 12.6. The Bertz CT molecular complexity index is 464. The third kappa shape index (κ3) is 1.93. The Morgan fingerprint density at radius 1 is 1.39 bits per heavy atom. The van der Waals surface area contributed by atoms with E-state index in [0.717, 1.165) is 38.8 Å². The number of fused-ring (bicyclic) bond motifs is 1. The highest BCUT2D eigenvalue weighted by Gasteiger charge is 2.30. The van der Waals surface area contributed by atoms with E-state index in [9.17, 15) is 4.79 Å². The van der Waals surface area contributed by atoms with Gasteiger partial charge in [-0.1, -0.05) is 18.2 Å². The fourth-order valence-electron chi connectivity index (χ4n) is 3.15. The van der Waals surface area contributed by atoms with E-state index in [-0.39, 0.29) is 11.9 Å². The molecule has 1 amide bonds. The van der Waals surface area contributed by atoms with Crippen LogP contribution in [0.5, 0.6) is 0 Å². The average Bonchev–Trinajstić information content (AvgIpc) is 2.91. The van der Waals surface area contributed by atoms with E-state index in [1.165, 1.54) is 16.8 Å². The number of rotatable bonds is 1. The van der Waals surface area contributed by atoms with Gasteiger partial charge in [-0.3, -0.25) is 4.79 Å². The molecule has 1 aromatic rings. The predicted molar refractivity (Wildman–Crippen MR) is 72.9 cm³/mol. The lowest BCUT2D eigenvalue weighted by Gasteiger charge is -2.32. The summed E-state index contributed by atoms with van der Waals surface area (Å²) in [7, 11) is 0. The molecule has 0 aromatic heterocycles. The first-order valence-corrected chi connectivity index (χ1v) is 6.90. The highest BCUT2D eigenvalue weighted by atomic mass is 16.2. The van der Waals surface area contributed by atoms with Crippen molar-refractivity contribution in [1.29, 1.82) is 0 Å². The monoisotopic (exact) mass is 244 g/mol. The van der Waals surface area contributed by atoms with Crippen molar-refractivity contribution >= 4 is 11.6 Å². The van der Waals surface area contributed by atoms with Gasteiger partial charge < -0.3 is 10.2 Å². The molecule has 0 unspecified atom stereocenters. The fourth-order valence-corrected chi connectivity index (χ4v) is 3.15. The van der Waals surface area contributed by atoms with Gasteiger partial charge >= 0.3 is 0 Å². The predicted octanol–water partition coefficient (Wildman–Crippen LogP) is 2.03. The van der Waals surface area contributed by atoms with Crippen molar-refractivity contribution in [1.82, 2.24) is 5.32 Å². The molecule has 3 rings (SSSR count). The molecule has 18 heavy (non-hydrogen) atoms. The summed E-state index contributed by atoms with van der Waals surface area (Å²) in [6.07, 6.45) is 4.27. The largest absolute Gasteiger partial charge is 0.311 e. The lowest BCUT2D eigenvalue weighted by atomic mass is 9.97. The molecule has 0 radical (unpaired) electrons. The number of carbonyl (C=O) groups excluding carboxylic acids is 1. The van der Waals surface area contributed by atoms with Gasteiger partial charge in [0.2, 0.25) is 5.91 Å². The van der Waals surface area contributed by atoms with Crippen molar-refractivity contribution in [3.05, 3.63) is 29.3 Å². The van der Waals surface area contributed by atoms with Crippen molar-refractivity contribution in [3.63, 3.8) is 0 Å². The Hall–Kier alpha value is -1.35. The first-order valence-electron chi connectivity index (χ1n) is 6.90. The SMILES string of the molecule is Cc1cccc2c1N(C(=O)[C@@H]1CCCN1)CCC2. The van der Waals surface area contributed by atoms with Crippen molar-refractivity contribution in [2.45, 2.75) is 38.6 Å². The summed E-state index contributed by atoms with van der Waals surface area (Å²) >= 11 is 0. The number of aryl methyl sites for hydroxylation is 2. The molecule has 3 nitrogen and oxygen atoms in total. The van der Waals surface area contributed by atoms with E-state index in [0.29, 0.717) is 0 Å². The quantitative estimate of drug-likeness (QED) is 0.819. The van der Waals surface area contributed by atoms with Gasteiger partial charge in [0.25, 0.3) is 0 Å². The Kier molecular flexibility index (Phi) is 3.08. The van der Waals surface area contributed by atoms with Gasteiger partial charge in [0.15, 0.2) is 0 Å². The van der Waals surface area contributed by atoms with Crippen LogP contribution in [0.2, 0.25) is 0 Å². The average molecular weight is 244 g/mol. The van der Waals surface area contributed by atoms with Crippen molar-refractivity contribution < 1.29 is 4.79 Å². The second-order valence-electron chi connectivity index (χ2n) is 5.33. The smallest absolute Gasteiger partial charge is 0.244 e. The summed E-state index contributed by atoms with van der Waals surface area (Å²) in [6, 6.07) is 6.39. The molecular weight excluding hydrogens is 224 g/mol. The zero-order chi connectivity index (χ0) is 12.5. The minimum atomic E-state index is 0.0376. The molecule has 1 fully saturated rings. The molecular formula is C15H20N2O. The van der Waals surface area contributed by atoms with Crippen LogP contribution >= 0.6 is 0 Å². The molecule has 0 aliphatic carbocycles. The van der Waals surface area contributed by atoms with Crippen LogP contribution < -0.4 is 10.2 Å². The summed E-state index contributed by atoms with van der Waals surface area (Å²) in [5.74, 6) is 0.266.